The van der Waals surface area contributed by atoms with E-state index in [1.165, 1.54) is 12.1 Å². The number of nitrogens with zero attached hydrogens (tertiary/aromatic N) is 1. The molecule has 0 amide bonds. The highest BCUT2D eigenvalue weighted by atomic mass is 79.9. The van der Waals surface area contributed by atoms with Crippen LogP contribution in [0.5, 0.6) is 0 Å². The van der Waals surface area contributed by atoms with E-state index in [4.69, 9.17) is 0 Å². The van der Waals surface area contributed by atoms with Gasteiger partial charge in [0.2, 0.25) is 0 Å². The average Bonchev–Trinajstić information content (AvgIpc) is 2.43. The molecule has 0 saturated carbocycles. The summed E-state index contributed by atoms with van der Waals surface area (Å²) in [5.41, 5.74) is 0.372. The van der Waals surface area contributed by atoms with Gasteiger partial charge in [-0.2, -0.15) is 0 Å². The zero-order valence-electron chi connectivity index (χ0n) is 12.8. The van der Waals surface area contributed by atoms with Crippen molar-refractivity contribution < 1.29 is 8.78 Å². The summed E-state index contributed by atoms with van der Waals surface area (Å²) in [6.07, 6.45) is 2.12. The van der Waals surface area contributed by atoms with Crippen molar-refractivity contribution in [3.63, 3.8) is 0 Å². The molecule has 2 nitrogen and oxygen atoms in total. The fraction of sp³-hybridized carbons (Fsp3) is 0.625. The van der Waals surface area contributed by atoms with E-state index in [0.29, 0.717) is 24.2 Å². The second-order valence-corrected chi connectivity index (χ2v) is 6.93. The van der Waals surface area contributed by atoms with Crippen LogP contribution in [0.1, 0.15) is 33.6 Å². The van der Waals surface area contributed by atoms with Crippen molar-refractivity contribution in [3.8, 4) is 0 Å². The molecule has 0 radical (unpaired) electrons. The second-order valence-electron chi connectivity index (χ2n) is 6.08. The van der Waals surface area contributed by atoms with Crippen molar-refractivity contribution in [2.45, 2.75) is 45.7 Å². The van der Waals surface area contributed by atoms with Crippen LogP contribution in [-0.2, 0) is 0 Å². The lowest BCUT2D eigenvalue weighted by atomic mass is 9.96. The molecular weight excluding hydrogens is 338 g/mol. The molecule has 0 spiro atoms. The number of piperazine rings is 1. The Morgan fingerprint density at radius 1 is 1.33 bits per heavy atom. The number of hydrogen-bond donors (Lipinski definition) is 1. The van der Waals surface area contributed by atoms with E-state index < -0.39 is 5.82 Å². The summed E-state index contributed by atoms with van der Waals surface area (Å²) in [6, 6.07) is 3.03. The van der Waals surface area contributed by atoms with Crippen LogP contribution in [0.2, 0.25) is 0 Å². The van der Waals surface area contributed by atoms with Gasteiger partial charge in [-0.25, -0.2) is 8.78 Å². The molecule has 0 aliphatic carbocycles. The average molecular weight is 361 g/mol. The topological polar surface area (TPSA) is 15.3 Å². The van der Waals surface area contributed by atoms with Crippen molar-refractivity contribution in [1.82, 2.24) is 5.32 Å². The van der Waals surface area contributed by atoms with Crippen LogP contribution in [0.3, 0.4) is 0 Å². The van der Waals surface area contributed by atoms with Gasteiger partial charge < -0.3 is 10.2 Å². The molecule has 1 aliphatic rings. The van der Waals surface area contributed by atoms with Gasteiger partial charge >= 0.3 is 0 Å². The lowest BCUT2D eigenvalue weighted by Crippen LogP contribution is -2.58. The smallest absolute Gasteiger partial charge is 0.147 e. The molecule has 1 aromatic carbocycles. The number of rotatable bonds is 4. The third-order valence-corrected chi connectivity index (χ3v) is 4.75. The number of hydrogen-bond acceptors (Lipinski definition) is 2. The summed E-state index contributed by atoms with van der Waals surface area (Å²) >= 11 is 3.04. The van der Waals surface area contributed by atoms with Crippen LogP contribution >= 0.6 is 15.9 Å². The number of halogens is 3. The minimum Gasteiger partial charge on any atom is -0.363 e. The fourth-order valence-corrected chi connectivity index (χ4v) is 3.30. The van der Waals surface area contributed by atoms with Crippen LogP contribution in [0, 0.1) is 17.6 Å². The van der Waals surface area contributed by atoms with Crippen LogP contribution < -0.4 is 10.2 Å². The van der Waals surface area contributed by atoms with Crippen LogP contribution in [0.4, 0.5) is 14.5 Å². The first-order chi connectivity index (χ1) is 9.93. The van der Waals surface area contributed by atoms with Gasteiger partial charge in [-0.05, 0) is 34.3 Å². The van der Waals surface area contributed by atoms with Crippen molar-refractivity contribution in [1.29, 1.82) is 0 Å². The minimum atomic E-state index is -0.417. The van der Waals surface area contributed by atoms with E-state index in [0.717, 1.165) is 19.4 Å². The number of benzene rings is 1. The quantitative estimate of drug-likeness (QED) is 0.803. The largest absolute Gasteiger partial charge is 0.363 e. The minimum absolute atomic E-state index is 0.171. The van der Waals surface area contributed by atoms with Crippen LogP contribution in [0.15, 0.2) is 16.6 Å². The van der Waals surface area contributed by atoms with Crippen molar-refractivity contribution in [2.75, 3.05) is 18.0 Å². The molecule has 1 fully saturated rings. The number of anilines is 1. The monoisotopic (exact) mass is 360 g/mol. The summed E-state index contributed by atoms with van der Waals surface area (Å²) in [4.78, 5) is 2.03. The zero-order valence-corrected chi connectivity index (χ0v) is 14.4. The molecule has 2 unspecified atom stereocenters. The van der Waals surface area contributed by atoms with Crippen molar-refractivity contribution >= 4 is 21.6 Å². The number of nitrogens with one attached hydrogen (secondary N) is 1. The maximum atomic E-state index is 14.3. The Morgan fingerprint density at radius 2 is 2.05 bits per heavy atom. The summed E-state index contributed by atoms with van der Waals surface area (Å²) < 4.78 is 28.3. The van der Waals surface area contributed by atoms with Crippen molar-refractivity contribution in [3.05, 3.63) is 28.2 Å². The predicted octanol–water partition coefficient (Wildman–Crippen LogP) is 4.33. The third kappa shape index (κ3) is 3.75. The first kappa shape index (κ1) is 16.7. The Balaban J connectivity index is 2.33. The lowest BCUT2D eigenvalue weighted by Gasteiger charge is -2.44. The Bertz CT molecular complexity index is 493. The van der Waals surface area contributed by atoms with Gasteiger partial charge in [0.25, 0.3) is 0 Å². The predicted molar refractivity (Wildman–Crippen MR) is 86.7 cm³/mol. The summed E-state index contributed by atoms with van der Waals surface area (Å²) in [6.45, 7) is 7.90. The molecular formula is C16H23BrF2N2. The summed E-state index contributed by atoms with van der Waals surface area (Å²) in [5.74, 6) is -0.420. The van der Waals surface area contributed by atoms with E-state index in [9.17, 15) is 8.78 Å². The molecule has 0 bridgehead atoms. The Morgan fingerprint density at radius 3 is 2.67 bits per heavy atom. The van der Waals surface area contributed by atoms with E-state index >= 15 is 0 Å². The van der Waals surface area contributed by atoms with Gasteiger partial charge in [-0.3, -0.25) is 0 Å². The Labute approximate surface area is 134 Å². The fourth-order valence-electron chi connectivity index (χ4n) is 2.98. The lowest BCUT2D eigenvalue weighted by molar-refractivity contribution is 0.324. The van der Waals surface area contributed by atoms with Gasteiger partial charge in [0.1, 0.15) is 11.6 Å². The molecule has 1 aliphatic heterocycles. The molecule has 1 saturated heterocycles. The van der Waals surface area contributed by atoms with E-state index in [-0.39, 0.29) is 16.3 Å². The van der Waals surface area contributed by atoms with Crippen molar-refractivity contribution in [2.24, 2.45) is 5.92 Å². The first-order valence-electron chi connectivity index (χ1n) is 7.58. The van der Waals surface area contributed by atoms with Gasteiger partial charge in [0, 0.05) is 31.2 Å². The van der Waals surface area contributed by atoms with E-state index in [1.54, 1.807) is 0 Å². The highest BCUT2D eigenvalue weighted by Crippen LogP contribution is 2.30. The second kappa shape index (κ2) is 7.05. The molecule has 118 valence electrons. The molecule has 0 aromatic heterocycles. The van der Waals surface area contributed by atoms with Crippen LogP contribution in [-0.4, -0.2) is 25.2 Å². The molecule has 1 heterocycles. The maximum absolute atomic E-state index is 14.3. The van der Waals surface area contributed by atoms with Gasteiger partial charge in [-0.15, -0.1) is 0 Å². The van der Waals surface area contributed by atoms with Crippen LogP contribution in [0.25, 0.3) is 0 Å². The van der Waals surface area contributed by atoms with Gasteiger partial charge in [-0.1, -0.05) is 27.2 Å². The molecule has 1 aromatic rings. The third-order valence-electron chi connectivity index (χ3n) is 4.14. The Hall–Kier alpha value is -0.680. The summed E-state index contributed by atoms with van der Waals surface area (Å²) in [7, 11) is 0. The van der Waals surface area contributed by atoms with E-state index in [2.05, 4.69) is 42.0 Å². The van der Waals surface area contributed by atoms with Gasteiger partial charge in [0.05, 0.1) is 10.2 Å². The maximum Gasteiger partial charge on any atom is 0.147 e. The molecule has 21 heavy (non-hydrogen) atoms. The normalized spacial score (nSPS) is 22.9. The highest BCUT2D eigenvalue weighted by Gasteiger charge is 2.31. The standard InChI is InChI=1S/C16H23BrF2N2/c1-4-5-11-9-21(16(8-20-11)10(2)3)15-7-13(18)12(17)6-14(15)19/h6-7,10-11,16,20H,4-5,8-9H2,1-3H3. The SMILES string of the molecule is CCCC1CN(c2cc(F)c(Br)cc2F)C(C(C)C)CN1. The molecule has 2 rings (SSSR count). The molecule has 2 atom stereocenters. The Kier molecular flexibility index (Phi) is 5.60. The zero-order chi connectivity index (χ0) is 15.6. The molecule has 1 N–H and O–H groups in total. The highest BCUT2D eigenvalue weighted by molar-refractivity contribution is 9.10. The summed E-state index contributed by atoms with van der Waals surface area (Å²) in [5, 5.41) is 3.53. The van der Waals surface area contributed by atoms with E-state index in [1.807, 2.05) is 4.90 Å². The first-order valence-corrected chi connectivity index (χ1v) is 8.37. The van der Waals surface area contributed by atoms with Gasteiger partial charge in [0.15, 0.2) is 0 Å². The molecule has 5 heteroatoms.